The van der Waals surface area contributed by atoms with E-state index in [0.717, 1.165) is 31.6 Å². The van der Waals surface area contributed by atoms with Crippen LogP contribution in [0.15, 0.2) is 53.4 Å². The molecule has 2 heterocycles. The first-order chi connectivity index (χ1) is 15.3. The molecule has 10 heteroatoms. The van der Waals surface area contributed by atoms with E-state index in [2.05, 4.69) is 9.62 Å². The number of nitrogens with zero attached hydrogens (tertiary/aromatic N) is 3. The molecule has 0 spiro atoms. The molecule has 2 aromatic rings. The van der Waals surface area contributed by atoms with Crippen LogP contribution in [0, 0.1) is 10.1 Å². The molecule has 2 aliphatic heterocycles. The van der Waals surface area contributed by atoms with E-state index in [9.17, 15) is 23.3 Å². The monoisotopic (exact) mass is 458 g/mol. The van der Waals surface area contributed by atoms with Crippen molar-refractivity contribution in [1.29, 1.82) is 0 Å². The van der Waals surface area contributed by atoms with Crippen LogP contribution in [-0.4, -0.2) is 56.4 Å². The molecule has 0 radical (unpaired) electrons. The summed E-state index contributed by atoms with van der Waals surface area (Å²) >= 11 is 0. The summed E-state index contributed by atoms with van der Waals surface area (Å²) < 4.78 is 27.9. The molecule has 0 aromatic heterocycles. The zero-order chi connectivity index (χ0) is 22.7. The molecule has 2 fully saturated rings. The Morgan fingerprint density at radius 3 is 2.28 bits per heavy atom. The minimum atomic E-state index is -3.62. The van der Waals surface area contributed by atoms with E-state index >= 15 is 0 Å². The number of nitrogens with one attached hydrogen (secondary N) is 1. The number of piperidine rings is 1. The molecule has 1 amide bonds. The highest BCUT2D eigenvalue weighted by molar-refractivity contribution is 7.89. The van der Waals surface area contributed by atoms with E-state index in [1.807, 2.05) is 0 Å². The number of non-ortho nitro benzene ring substituents is 1. The quantitative estimate of drug-likeness (QED) is 0.526. The van der Waals surface area contributed by atoms with E-state index < -0.39 is 14.9 Å². The average molecular weight is 459 g/mol. The van der Waals surface area contributed by atoms with Gasteiger partial charge in [0.25, 0.3) is 11.6 Å². The number of hydrogen-bond acceptors (Lipinski definition) is 6. The molecule has 32 heavy (non-hydrogen) atoms. The van der Waals surface area contributed by atoms with Crippen molar-refractivity contribution < 1.29 is 18.1 Å². The first-order valence-corrected chi connectivity index (χ1v) is 12.2. The van der Waals surface area contributed by atoms with Gasteiger partial charge in [-0.3, -0.25) is 14.9 Å². The second-order valence-corrected chi connectivity index (χ2v) is 9.87. The normalized spacial score (nSPS) is 17.5. The third-order valence-electron chi connectivity index (χ3n) is 6.03. The van der Waals surface area contributed by atoms with Gasteiger partial charge in [-0.2, -0.15) is 0 Å². The van der Waals surface area contributed by atoms with Crippen molar-refractivity contribution >= 4 is 27.3 Å². The Morgan fingerprint density at radius 1 is 1.00 bits per heavy atom. The van der Waals surface area contributed by atoms with Crippen LogP contribution in [0.25, 0.3) is 0 Å². The standard InChI is InChI=1S/C22H26N4O5S/c27-22(20-16-18(26(28)29)8-9-21(20)24-12-4-5-13-24)25-14-10-17(11-15-25)23-32(30,31)19-6-2-1-3-7-19/h1-3,6-9,16-17,23H,4-5,10-15H2. The van der Waals surface area contributed by atoms with Crippen LogP contribution >= 0.6 is 0 Å². The second kappa shape index (κ2) is 9.25. The molecule has 9 nitrogen and oxygen atoms in total. The van der Waals surface area contributed by atoms with Crippen molar-refractivity contribution in [1.82, 2.24) is 9.62 Å². The molecule has 0 bridgehead atoms. The highest BCUT2D eigenvalue weighted by Crippen LogP contribution is 2.30. The van der Waals surface area contributed by atoms with Crippen LogP contribution in [0.1, 0.15) is 36.0 Å². The number of amides is 1. The van der Waals surface area contributed by atoms with E-state index in [4.69, 9.17) is 0 Å². The van der Waals surface area contributed by atoms with Crippen LogP contribution in [0.4, 0.5) is 11.4 Å². The second-order valence-electron chi connectivity index (χ2n) is 8.15. The molecule has 0 aliphatic carbocycles. The first kappa shape index (κ1) is 22.2. The Bertz CT molecular complexity index is 1090. The summed E-state index contributed by atoms with van der Waals surface area (Å²) in [7, 11) is -3.62. The maximum Gasteiger partial charge on any atom is 0.270 e. The fourth-order valence-corrected chi connectivity index (χ4v) is 5.63. The van der Waals surface area contributed by atoms with Gasteiger partial charge in [0.05, 0.1) is 21.1 Å². The summed E-state index contributed by atoms with van der Waals surface area (Å²) in [5.41, 5.74) is 0.955. The number of hydrogen-bond donors (Lipinski definition) is 1. The van der Waals surface area contributed by atoms with Crippen molar-refractivity contribution in [3.05, 3.63) is 64.2 Å². The summed E-state index contributed by atoms with van der Waals surface area (Å²) in [4.78, 5) is 28.1. The van der Waals surface area contributed by atoms with E-state index in [1.165, 1.54) is 12.1 Å². The van der Waals surface area contributed by atoms with Gasteiger partial charge in [-0.15, -0.1) is 0 Å². The molecule has 0 unspecified atom stereocenters. The molecular weight excluding hydrogens is 432 g/mol. The number of sulfonamides is 1. The lowest BCUT2D eigenvalue weighted by Gasteiger charge is -2.33. The Hall–Kier alpha value is -2.98. The van der Waals surface area contributed by atoms with Crippen LogP contribution in [0.2, 0.25) is 0 Å². The average Bonchev–Trinajstić information content (AvgIpc) is 3.34. The van der Waals surface area contributed by atoms with Crippen LogP contribution in [0.3, 0.4) is 0 Å². The van der Waals surface area contributed by atoms with Crippen molar-refractivity contribution in [3.8, 4) is 0 Å². The van der Waals surface area contributed by atoms with Gasteiger partial charge in [0.15, 0.2) is 0 Å². The topological polar surface area (TPSA) is 113 Å². The number of nitro groups is 1. The Morgan fingerprint density at radius 2 is 1.66 bits per heavy atom. The predicted molar refractivity (Wildman–Crippen MR) is 120 cm³/mol. The van der Waals surface area contributed by atoms with E-state index in [-0.39, 0.29) is 22.5 Å². The minimum absolute atomic E-state index is 0.109. The van der Waals surface area contributed by atoms with Gasteiger partial charge >= 0.3 is 0 Å². The van der Waals surface area contributed by atoms with Crippen LogP contribution in [-0.2, 0) is 10.0 Å². The molecular formula is C22H26N4O5S. The Kier molecular flexibility index (Phi) is 6.43. The smallest absolute Gasteiger partial charge is 0.270 e. The van der Waals surface area contributed by atoms with Gasteiger partial charge in [-0.05, 0) is 43.9 Å². The zero-order valence-corrected chi connectivity index (χ0v) is 18.5. The van der Waals surface area contributed by atoms with Crippen LogP contribution in [0.5, 0.6) is 0 Å². The fraction of sp³-hybridized carbons (Fsp3) is 0.409. The zero-order valence-electron chi connectivity index (χ0n) is 17.6. The number of carbonyl (C=O) groups is 1. The largest absolute Gasteiger partial charge is 0.371 e. The maximum absolute atomic E-state index is 13.3. The van der Waals surface area contributed by atoms with E-state index in [0.29, 0.717) is 31.5 Å². The lowest BCUT2D eigenvalue weighted by molar-refractivity contribution is -0.384. The number of rotatable bonds is 6. The van der Waals surface area contributed by atoms with Gasteiger partial charge in [0.2, 0.25) is 10.0 Å². The molecule has 0 atom stereocenters. The first-order valence-electron chi connectivity index (χ1n) is 10.8. The third-order valence-corrected chi connectivity index (χ3v) is 7.56. The van der Waals surface area contributed by atoms with Gasteiger partial charge in [0, 0.05) is 44.4 Å². The lowest BCUT2D eigenvalue weighted by Crippen LogP contribution is -2.46. The number of carbonyl (C=O) groups excluding carboxylic acids is 1. The molecule has 2 aromatic carbocycles. The SMILES string of the molecule is O=C(c1cc([N+](=O)[O-])ccc1N1CCCC1)N1CCC(NS(=O)(=O)c2ccccc2)CC1. The summed E-state index contributed by atoms with van der Waals surface area (Å²) in [6, 6.07) is 12.4. The van der Waals surface area contributed by atoms with E-state index in [1.54, 1.807) is 41.3 Å². The van der Waals surface area contributed by atoms with Gasteiger partial charge in [-0.25, -0.2) is 13.1 Å². The van der Waals surface area contributed by atoms with Crippen molar-refractivity contribution in [2.45, 2.75) is 36.6 Å². The number of anilines is 1. The van der Waals surface area contributed by atoms with Gasteiger partial charge < -0.3 is 9.80 Å². The molecule has 0 saturated carbocycles. The molecule has 1 N–H and O–H groups in total. The summed E-state index contributed by atoms with van der Waals surface area (Å²) in [6.45, 7) is 2.40. The number of nitro benzene ring substituents is 1. The lowest BCUT2D eigenvalue weighted by atomic mass is 10.0. The van der Waals surface area contributed by atoms with Crippen molar-refractivity contribution in [2.24, 2.45) is 0 Å². The predicted octanol–water partition coefficient (Wildman–Crippen LogP) is 2.78. The van der Waals surface area contributed by atoms with Crippen molar-refractivity contribution in [2.75, 3.05) is 31.1 Å². The molecule has 170 valence electrons. The van der Waals surface area contributed by atoms with Crippen molar-refractivity contribution in [3.63, 3.8) is 0 Å². The number of benzene rings is 2. The Balaban J connectivity index is 1.46. The Labute approximate surface area is 187 Å². The molecule has 4 rings (SSSR count). The van der Waals surface area contributed by atoms with Crippen LogP contribution < -0.4 is 9.62 Å². The summed E-state index contributed by atoms with van der Waals surface area (Å²) in [5.74, 6) is -0.250. The summed E-state index contributed by atoms with van der Waals surface area (Å²) in [6.07, 6.45) is 3.01. The summed E-state index contributed by atoms with van der Waals surface area (Å²) in [5, 5.41) is 11.3. The number of likely N-dealkylation sites (tertiary alicyclic amines) is 1. The third kappa shape index (κ3) is 4.76. The minimum Gasteiger partial charge on any atom is -0.371 e. The molecule has 2 saturated heterocycles. The molecule has 2 aliphatic rings. The van der Waals surface area contributed by atoms with Gasteiger partial charge in [-0.1, -0.05) is 18.2 Å². The van der Waals surface area contributed by atoms with Gasteiger partial charge in [0.1, 0.15) is 0 Å². The highest BCUT2D eigenvalue weighted by Gasteiger charge is 2.30. The maximum atomic E-state index is 13.3. The highest BCUT2D eigenvalue weighted by atomic mass is 32.2. The fourth-order valence-electron chi connectivity index (χ4n) is 4.30.